The number of carbonyl (C=O) groups is 1. The van der Waals surface area contributed by atoms with Gasteiger partial charge in [-0.1, -0.05) is 30.3 Å². The molecule has 0 saturated heterocycles. The van der Waals surface area contributed by atoms with Crippen LogP contribution < -0.4 is 15.4 Å². The van der Waals surface area contributed by atoms with Gasteiger partial charge in [-0.3, -0.25) is 19.5 Å². The standard InChI is InChI=1S/C26H24N6O7S/c1-16(19-5-2-17(3-6-19)14-18-4-11-22(25(27)34)23(33)15-18)29-26-28-13-12-24(30-26)31(40(37,38)39)20-7-9-21(10-8-20)32(35)36/h2-13,15-16,33H,14H2,1H3,(H2,27,34)(H,28,29,30)(H,37,38,39)/t16-/m0/s1. The fourth-order valence-electron chi connectivity index (χ4n) is 3.96. The maximum atomic E-state index is 12.2. The van der Waals surface area contributed by atoms with Crippen LogP contribution in [0.1, 0.15) is 40.0 Å². The molecule has 14 heteroatoms. The molecule has 0 saturated carbocycles. The first-order valence-electron chi connectivity index (χ1n) is 11.7. The second-order valence-electron chi connectivity index (χ2n) is 8.75. The Morgan fingerprint density at radius 2 is 1.73 bits per heavy atom. The van der Waals surface area contributed by atoms with Crippen molar-refractivity contribution >= 4 is 39.4 Å². The predicted molar refractivity (Wildman–Crippen MR) is 147 cm³/mol. The summed E-state index contributed by atoms with van der Waals surface area (Å²) in [5, 5.41) is 24.0. The first-order valence-corrected chi connectivity index (χ1v) is 13.1. The number of phenols is 1. The zero-order chi connectivity index (χ0) is 29.0. The number of aromatic nitrogens is 2. The summed E-state index contributed by atoms with van der Waals surface area (Å²) in [6, 6.07) is 17.8. The molecule has 0 fully saturated rings. The number of aromatic hydroxyl groups is 1. The third-order valence-corrected chi connectivity index (χ3v) is 6.80. The number of rotatable bonds is 10. The number of nitrogens with two attached hydrogens (primary N) is 1. The molecule has 0 aliphatic carbocycles. The van der Waals surface area contributed by atoms with Crippen LogP contribution in [-0.4, -0.2) is 38.9 Å². The van der Waals surface area contributed by atoms with E-state index in [9.17, 15) is 33.0 Å². The van der Waals surface area contributed by atoms with Crippen LogP contribution >= 0.6 is 0 Å². The lowest BCUT2D eigenvalue weighted by Crippen LogP contribution is -2.26. The van der Waals surface area contributed by atoms with Gasteiger partial charge in [0.2, 0.25) is 5.95 Å². The van der Waals surface area contributed by atoms with Gasteiger partial charge >= 0.3 is 10.3 Å². The van der Waals surface area contributed by atoms with E-state index >= 15 is 0 Å². The Balaban J connectivity index is 1.49. The normalized spacial score (nSPS) is 11.9. The number of nitrogens with one attached hydrogen (secondary N) is 1. The van der Waals surface area contributed by atoms with Crippen molar-refractivity contribution in [3.05, 3.63) is 111 Å². The average molecular weight is 565 g/mol. The van der Waals surface area contributed by atoms with E-state index in [-0.39, 0.29) is 40.5 Å². The molecule has 1 amide bonds. The van der Waals surface area contributed by atoms with E-state index in [0.29, 0.717) is 10.7 Å². The van der Waals surface area contributed by atoms with Crippen LogP contribution in [-0.2, 0) is 16.7 Å². The lowest BCUT2D eigenvalue weighted by molar-refractivity contribution is -0.384. The molecule has 40 heavy (non-hydrogen) atoms. The number of carbonyl (C=O) groups excluding carboxylic acids is 1. The Hall–Kier alpha value is -5.08. The minimum absolute atomic E-state index is 0.0535. The Labute approximate surface area is 229 Å². The Morgan fingerprint density at radius 3 is 2.30 bits per heavy atom. The summed E-state index contributed by atoms with van der Waals surface area (Å²) < 4.78 is 34.7. The minimum atomic E-state index is -4.83. The molecule has 1 heterocycles. The number of nitrogens with zero attached hydrogens (tertiary/aromatic N) is 4. The molecule has 0 aliphatic heterocycles. The SMILES string of the molecule is C[C@H](Nc1nccc(N(c2ccc([N+](=O)[O-])cc2)S(=O)(=O)O)n1)c1ccc(Cc2ccc(C(N)=O)c(O)c2)cc1. The van der Waals surface area contributed by atoms with Gasteiger partial charge in [-0.25, -0.2) is 4.98 Å². The molecular formula is C26H24N6O7S. The second kappa shape index (κ2) is 11.3. The van der Waals surface area contributed by atoms with Crippen molar-refractivity contribution in [2.75, 3.05) is 9.62 Å². The van der Waals surface area contributed by atoms with Crippen LogP contribution in [0.3, 0.4) is 0 Å². The smallest absolute Gasteiger partial charge is 0.365 e. The van der Waals surface area contributed by atoms with Crippen molar-refractivity contribution < 1.29 is 27.8 Å². The van der Waals surface area contributed by atoms with Crippen LogP contribution in [0, 0.1) is 10.1 Å². The molecule has 1 aromatic heterocycles. The number of benzene rings is 3. The lowest BCUT2D eigenvalue weighted by Gasteiger charge is -2.21. The molecule has 3 aromatic carbocycles. The summed E-state index contributed by atoms with van der Waals surface area (Å²) in [4.78, 5) is 29.9. The van der Waals surface area contributed by atoms with Crippen LogP contribution in [0.5, 0.6) is 5.75 Å². The first kappa shape index (κ1) is 27.9. The van der Waals surface area contributed by atoms with Gasteiger partial charge in [-0.2, -0.15) is 17.7 Å². The van der Waals surface area contributed by atoms with Gasteiger partial charge in [-0.15, -0.1) is 0 Å². The van der Waals surface area contributed by atoms with E-state index in [1.165, 1.54) is 36.5 Å². The summed E-state index contributed by atoms with van der Waals surface area (Å²) >= 11 is 0. The molecule has 0 radical (unpaired) electrons. The van der Waals surface area contributed by atoms with E-state index in [1.54, 1.807) is 6.07 Å². The maximum absolute atomic E-state index is 12.2. The van der Waals surface area contributed by atoms with Crippen LogP contribution in [0.2, 0.25) is 0 Å². The Morgan fingerprint density at radius 1 is 1.07 bits per heavy atom. The topological polar surface area (TPSA) is 202 Å². The van der Waals surface area contributed by atoms with Crippen molar-refractivity contribution in [2.24, 2.45) is 5.73 Å². The summed E-state index contributed by atoms with van der Waals surface area (Å²) in [6.45, 7) is 1.85. The van der Waals surface area contributed by atoms with Gasteiger partial charge in [0, 0.05) is 24.4 Å². The number of hydrogen-bond acceptors (Lipinski definition) is 9. The van der Waals surface area contributed by atoms with Gasteiger partial charge in [0.15, 0.2) is 5.82 Å². The second-order valence-corrected chi connectivity index (χ2v) is 10.0. The highest BCUT2D eigenvalue weighted by Gasteiger charge is 2.25. The first-order chi connectivity index (χ1) is 18.9. The van der Waals surface area contributed by atoms with Crippen molar-refractivity contribution in [2.45, 2.75) is 19.4 Å². The molecule has 0 bridgehead atoms. The van der Waals surface area contributed by atoms with Crippen molar-refractivity contribution in [1.29, 1.82) is 0 Å². The number of primary amides is 1. The fraction of sp³-hybridized carbons (Fsp3) is 0.115. The van der Waals surface area contributed by atoms with E-state index in [1.807, 2.05) is 31.2 Å². The van der Waals surface area contributed by atoms with E-state index in [2.05, 4.69) is 15.3 Å². The predicted octanol–water partition coefficient (Wildman–Crippen LogP) is 3.89. The monoisotopic (exact) mass is 564 g/mol. The molecule has 1 atom stereocenters. The third-order valence-electron chi connectivity index (χ3n) is 5.94. The quantitative estimate of drug-likeness (QED) is 0.124. The van der Waals surface area contributed by atoms with E-state index in [4.69, 9.17) is 5.73 Å². The van der Waals surface area contributed by atoms with Crippen molar-refractivity contribution in [1.82, 2.24) is 9.97 Å². The number of non-ortho nitro benzene ring substituents is 1. The van der Waals surface area contributed by atoms with E-state index in [0.717, 1.165) is 28.8 Å². The molecule has 0 aliphatic rings. The highest BCUT2D eigenvalue weighted by atomic mass is 32.2. The zero-order valence-corrected chi connectivity index (χ0v) is 21.8. The summed E-state index contributed by atoms with van der Waals surface area (Å²) in [6.07, 6.45) is 1.82. The van der Waals surface area contributed by atoms with Gasteiger partial charge in [-0.05, 0) is 54.3 Å². The number of hydrogen-bond donors (Lipinski definition) is 4. The van der Waals surface area contributed by atoms with Gasteiger partial charge in [0.05, 0.1) is 22.2 Å². The van der Waals surface area contributed by atoms with Gasteiger partial charge < -0.3 is 16.2 Å². The largest absolute Gasteiger partial charge is 0.507 e. The molecule has 4 aromatic rings. The molecule has 0 spiro atoms. The van der Waals surface area contributed by atoms with Crippen LogP contribution in [0.4, 0.5) is 23.1 Å². The molecule has 206 valence electrons. The summed E-state index contributed by atoms with van der Waals surface area (Å²) in [5.74, 6) is -0.985. The van der Waals surface area contributed by atoms with Crippen molar-refractivity contribution in [3.63, 3.8) is 0 Å². The highest BCUT2D eigenvalue weighted by Crippen LogP contribution is 2.29. The average Bonchev–Trinajstić information content (AvgIpc) is 2.89. The highest BCUT2D eigenvalue weighted by molar-refractivity contribution is 7.87. The van der Waals surface area contributed by atoms with E-state index < -0.39 is 21.1 Å². The number of nitro benzene ring substituents is 1. The summed E-state index contributed by atoms with van der Waals surface area (Å²) in [7, 11) is -4.83. The van der Waals surface area contributed by atoms with Gasteiger partial charge in [0.1, 0.15) is 5.75 Å². The maximum Gasteiger partial charge on any atom is 0.365 e. The Bertz CT molecular complexity index is 1660. The molecule has 13 nitrogen and oxygen atoms in total. The summed E-state index contributed by atoms with van der Waals surface area (Å²) in [5.41, 5.74) is 7.59. The van der Waals surface area contributed by atoms with Crippen molar-refractivity contribution in [3.8, 4) is 5.75 Å². The van der Waals surface area contributed by atoms with Gasteiger partial charge in [0.25, 0.3) is 11.6 Å². The number of anilines is 3. The molecule has 4 rings (SSSR count). The minimum Gasteiger partial charge on any atom is -0.507 e. The number of nitro groups is 1. The van der Waals surface area contributed by atoms with Crippen LogP contribution in [0.25, 0.3) is 0 Å². The Kier molecular flexibility index (Phi) is 7.93. The third kappa shape index (κ3) is 6.48. The number of amides is 1. The fourth-order valence-corrected chi connectivity index (χ4v) is 4.68. The molecule has 0 unspecified atom stereocenters. The molecule has 5 N–H and O–H groups in total. The molecular weight excluding hydrogens is 540 g/mol. The van der Waals surface area contributed by atoms with Crippen LogP contribution in [0.15, 0.2) is 79.0 Å². The lowest BCUT2D eigenvalue weighted by atomic mass is 10.00. The zero-order valence-electron chi connectivity index (χ0n) is 21.0.